The first kappa shape index (κ1) is 13.0. The summed E-state index contributed by atoms with van der Waals surface area (Å²) in [7, 11) is 0. The molecule has 2 rings (SSSR count). The van der Waals surface area contributed by atoms with Crippen LogP contribution in [0, 0.1) is 0 Å². The van der Waals surface area contributed by atoms with Gasteiger partial charge in [-0.15, -0.1) is 0 Å². The number of hydrogen-bond acceptors (Lipinski definition) is 1. The van der Waals surface area contributed by atoms with E-state index in [1.165, 1.54) is 0 Å². The molecule has 0 aliphatic carbocycles. The zero-order valence-corrected chi connectivity index (χ0v) is 11.7. The van der Waals surface area contributed by atoms with E-state index in [0.717, 1.165) is 11.1 Å². The van der Waals surface area contributed by atoms with Gasteiger partial charge in [-0.05, 0) is 0 Å². The van der Waals surface area contributed by atoms with Gasteiger partial charge in [-0.2, -0.15) is 0 Å². The van der Waals surface area contributed by atoms with E-state index in [1.54, 1.807) is 6.92 Å². The number of carbonyl (C=O) groups excluding carboxylic acids is 1. The maximum atomic E-state index is 11.7. The molecule has 0 saturated heterocycles. The van der Waals surface area contributed by atoms with Crippen LogP contribution >= 0.6 is 0 Å². The Morgan fingerprint density at radius 2 is 1.22 bits per heavy atom. The third-order valence-corrected chi connectivity index (χ3v) is 5.53. The van der Waals surface area contributed by atoms with Gasteiger partial charge in [-0.25, -0.2) is 0 Å². The average molecular weight is 330 g/mol. The van der Waals surface area contributed by atoms with Crippen molar-refractivity contribution in [1.29, 1.82) is 0 Å². The summed E-state index contributed by atoms with van der Waals surface area (Å²) in [5.74, 6) is 0. The summed E-state index contributed by atoms with van der Waals surface area (Å²) in [4.78, 5) is 11.7. The molecule has 0 fully saturated rings. The van der Waals surface area contributed by atoms with Crippen LogP contribution in [-0.4, -0.2) is 13.2 Å². The predicted octanol–water partition coefficient (Wildman–Crippen LogP) is 2.85. The molecule has 0 heterocycles. The third kappa shape index (κ3) is 3.77. The van der Waals surface area contributed by atoms with Crippen LogP contribution in [0.4, 0.5) is 0 Å². The topological polar surface area (TPSA) is 17.1 Å². The Bertz CT molecular complexity index is 559. The van der Waals surface area contributed by atoms with Crippen LogP contribution < -0.4 is 0 Å². The van der Waals surface area contributed by atoms with E-state index in [4.69, 9.17) is 0 Å². The molecular weight excluding hydrogens is 315 g/mol. The maximum absolute atomic E-state index is 11.7. The van der Waals surface area contributed by atoms with Crippen LogP contribution in [0.3, 0.4) is 0 Å². The van der Waals surface area contributed by atoms with Crippen LogP contribution in [0.25, 0.3) is 0 Å². The van der Waals surface area contributed by atoms with Crippen LogP contribution in [0.2, 0.25) is 0 Å². The fourth-order valence-corrected chi connectivity index (χ4v) is 3.89. The molecule has 18 heavy (non-hydrogen) atoms. The molecule has 0 amide bonds. The quantitative estimate of drug-likeness (QED) is 0.791. The van der Waals surface area contributed by atoms with Crippen molar-refractivity contribution < 1.29 is 20.6 Å². The monoisotopic (exact) mass is 329 g/mol. The predicted molar refractivity (Wildman–Crippen MR) is 73.9 cm³/mol. The van der Waals surface area contributed by atoms with Crippen molar-refractivity contribution in [3.05, 3.63) is 71.8 Å². The van der Waals surface area contributed by atoms with Crippen molar-refractivity contribution >= 4 is 13.2 Å². The molecule has 0 spiro atoms. The molecule has 2 aromatic rings. The summed E-state index contributed by atoms with van der Waals surface area (Å²) in [5, 5.41) is 0. The second-order valence-corrected chi connectivity index (χ2v) is 7.13. The van der Waals surface area contributed by atoms with Gasteiger partial charge in [-0.3, -0.25) is 0 Å². The van der Waals surface area contributed by atoms with Gasteiger partial charge in [0.25, 0.3) is 0 Å². The first-order valence-corrected chi connectivity index (χ1v) is 8.20. The van der Waals surface area contributed by atoms with Crippen LogP contribution in [0.1, 0.15) is 18.1 Å². The molecule has 0 aliphatic heterocycles. The molecule has 2 heteroatoms. The van der Waals surface area contributed by atoms with Crippen molar-refractivity contribution in [1.82, 2.24) is 0 Å². The van der Waals surface area contributed by atoms with Gasteiger partial charge >= 0.3 is 113 Å². The van der Waals surface area contributed by atoms with Gasteiger partial charge in [-0.1, -0.05) is 0 Å². The Balaban J connectivity index is 2.45. The van der Waals surface area contributed by atoms with E-state index in [9.17, 15) is 4.79 Å². The van der Waals surface area contributed by atoms with Crippen LogP contribution in [-0.2, 0) is 20.6 Å². The van der Waals surface area contributed by atoms with E-state index in [0.29, 0.717) is 0 Å². The van der Waals surface area contributed by atoms with Gasteiger partial charge in [0, 0.05) is 0 Å². The molecule has 0 saturated carbocycles. The van der Waals surface area contributed by atoms with Gasteiger partial charge < -0.3 is 0 Å². The summed E-state index contributed by atoms with van der Waals surface area (Å²) in [6.45, 7) is 1.68. The Hall–Kier alpha value is -1.49. The summed E-state index contributed by atoms with van der Waals surface area (Å²) in [6.07, 6.45) is 0. The molecular formula is C16H15OPd. The van der Waals surface area contributed by atoms with E-state index < -0.39 is 15.8 Å². The zero-order chi connectivity index (χ0) is 12.8. The summed E-state index contributed by atoms with van der Waals surface area (Å²) < 4.78 is 4.50. The van der Waals surface area contributed by atoms with E-state index in [1.807, 2.05) is 60.7 Å². The minimum atomic E-state index is -1.41. The van der Waals surface area contributed by atoms with Gasteiger partial charge in [0.1, 0.15) is 0 Å². The number of benzene rings is 2. The SMILES string of the molecule is C[C](=O)/[Pd](=[CH]/c1ccccc1)=[CH]\c1ccccc1. The minimum absolute atomic E-state index is 0.272. The normalized spacial score (nSPS) is 13.5. The molecule has 0 N–H and O–H groups in total. The van der Waals surface area contributed by atoms with Crippen molar-refractivity contribution in [2.24, 2.45) is 0 Å². The Morgan fingerprint density at radius 1 is 0.833 bits per heavy atom. The van der Waals surface area contributed by atoms with Gasteiger partial charge in [0.05, 0.1) is 0 Å². The summed E-state index contributed by atoms with van der Waals surface area (Å²) in [5.41, 5.74) is 2.25. The fraction of sp³-hybridized carbons (Fsp3) is 0.0625. The first-order valence-electron chi connectivity index (χ1n) is 5.63. The zero-order valence-electron chi connectivity index (χ0n) is 10.2. The van der Waals surface area contributed by atoms with Crippen molar-refractivity contribution in [3.63, 3.8) is 0 Å². The average Bonchev–Trinajstić information content (AvgIpc) is 2.40. The molecule has 2 aromatic carbocycles. The summed E-state index contributed by atoms with van der Waals surface area (Å²) >= 11 is -1.41. The standard InChI is InChI=1S/2C7H6.C2H3O.Pd/c2*1-7-5-3-2-4-6-7;1-2-3;/h2*1-6H;1H3;. The Labute approximate surface area is 112 Å². The van der Waals surface area contributed by atoms with Crippen molar-refractivity contribution in [2.45, 2.75) is 6.92 Å². The molecule has 1 nitrogen and oxygen atoms in total. The first-order chi connectivity index (χ1) is 8.75. The molecule has 95 valence electrons. The molecule has 0 atom stereocenters. The second-order valence-electron chi connectivity index (χ2n) is 3.72. The van der Waals surface area contributed by atoms with Gasteiger partial charge in [0.15, 0.2) is 0 Å². The molecule has 0 aromatic heterocycles. The molecule has 0 aliphatic rings. The Kier molecular flexibility index (Phi) is 4.64. The number of carbonyl (C=O) groups is 1. The second kappa shape index (κ2) is 6.45. The van der Waals surface area contributed by atoms with E-state index in [-0.39, 0.29) is 4.26 Å². The third-order valence-electron chi connectivity index (χ3n) is 2.26. The van der Waals surface area contributed by atoms with Gasteiger partial charge in [0.2, 0.25) is 0 Å². The number of rotatable bonds is 3. The van der Waals surface area contributed by atoms with Crippen molar-refractivity contribution in [3.8, 4) is 0 Å². The van der Waals surface area contributed by atoms with Crippen LogP contribution in [0.5, 0.6) is 0 Å². The van der Waals surface area contributed by atoms with Crippen LogP contribution in [0.15, 0.2) is 60.7 Å². The molecule has 0 unspecified atom stereocenters. The Morgan fingerprint density at radius 3 is 1.56 bits per heavy atom. The van der Waals surface area contributed by atoms with E-state index in [2.05, 4.69) is 8.97 Å². The molecule has 0 bridgehead atoms. The summed E-state index contributed by atoms with van der Waals surface area (Å²) in [6, 6.07) is 20.1. The fourth-order valence-electron chi connectivity index (χ4n) is 1.41. The van der Waals surface area contributed by atoms with E-state index >= 15 is 0 Å². The number of hydrogen-bond donors (Lipinski definition) is 0. The molecule has 0 radical (unpaired) electrons. The van der Waals surface area contributed by atoms with Crippen molar-refractivity contribution in [2.75, 3.05) is 0 Å².